The van der Waals surface area contributed by atoms with E-state index in [2.05, 4.69) is 25.0 Å². The average molecular weight is 516 g/mol. The van der Waals surface area contributed by atoms with Crippen LogP contribution in [0, 0.1) is 0 Å². The number of aliphatic hydroxyl groups excluding tert-OH is 1. The van der Waals surface area contributed by atoms with E-state index in [-0.39, 0.29) is 37.0 Å². The van der Waals surface area contributed by atoms with E-state index in [1.807, 2.05) is 36.2 Å². The zero-order valence-corrected chi connectivity index (χ0v) is 20.4. The van der Waals surface area contributed by atoms with Gasteiger partial charge in [0.05, 0.1) is 29.7 Å². The van der Waals surface area contributed by atoms with Gasteiger partial charge >= 0.3 is 0 Å². The van der Waals surface area contributed by atoms with Crippen LogP contribution in [0.25, 0.3) is 27.3 Å². The first-order valence-electron chi connectivity index (χ1n) is 10.2. The molecule has 4 aromatic rings. The summed E-state index contributed by atoms with van der Waals surface area (Å²) >= 11 is 7.93. The lowest BCUT2D eigenvalue weighted by Gasteiger charge is -2.29. The predicted octanol–water partition coefficient (Wildman–Crippen LogP) is 4.74. The van der Waals surface area contributed by atoms with Crippen molar-refractivity contribution in [2.75, 3.05) is 6.54 Å². The molecule has 4 heterocycles. The van der Waals surface area contributed by atoms with Crippen molar-refractivity contribution in [2.24, 2.45) is 0 Å². The Labute approximate surface area is 207 Å². The molecule has 11 heteroatoms. The first kappa shape index (κ1) is 25.0. The molecule has 2 N–H and O–H groups in total. The van der Waals surface area contributed by atoms with E-state index < -0.39 is 0 Å². The van der Waals surface area contributed by atoms with Gasteiger partial charge in [-0.15, -0.1) is 36.2 Å². The molecule has 0 radical (unpaired) electrons. The Morgan fingerprint density at radius 3 is 2.91 bits per heavy atom. The summed E-state index contributed by atoms with van der Waals surface area (Å²) in [4.78, 5) is 8.90. The molecular weight excluding hydrogens is 491 g/mol. The van der Waals surface area contributed by atoms with E-state index in [1.54, 1.807) is 22.2 Å². The molecule has 172 valence electrons. The molecule has 1 fully saturated rings. The minimum absolute atomic E-state index is 0. The van der Waals surface area contributed by atoms with Crippen molar-refractivity contribution >= 4 is 58.8 Å². The summed E-state index contributed by atoms with van der Waals surface area (Å²) in [7, 11) is 0. The van der Waals surface area contributed by atoms with Gasteiger partial charge in [0, 0.05) is 46.5 Å². The first-order chi connectivity index (χ1) is 14.7. The number of rotatable bonds is 6. The lowest BCUT2D eigenvalue weighted by Crippen LogP contribution is -2.44. The van der Waals surface area contributed by atoms with Gasteiger partial charge in [0.25, 0.3) is 0 Å². The van der Waals surface area contributed by atoms with E-state index in [9.17, 15) is 5.11 Å². The molecule has 3 aromatic heterocycles. The molecule has 1 saturated heterocycles. The molecule has 0 spiro atoms. The third-order valence-corrected chi connectivity index (χ3v) is 6.63. The summed E-state index contributed by atoms with van der Waals surface area (Å²) in [5.74, 6) is 0. The highest BCUT2D eigenvalue weighted by atomic mass is 35.5. The molecule has 5 rings (SSSR count). The van der Waals surface area contributed by atoms with Crippen molar-refractivity contribution in [3.05, 3.63) is 47.5 Å². The van der Waals surface area contributed by atoms with Crippen LogP contribution in [-0.4, -0.2) is 48.1 Å². The van der Waals surface area contributed by atoms with Gasteiger partial charge in [-0.05, 0) is 44.4 Å². The second-order valence-electron chi connectivity index (χ2n) is 7.66. The maximum atomic E-state index is 10.2. The lowest BCUT2D eigenvalue weighted by molar-refractivity contribution is 0.0909. The van der Waals surface area contributed by atoms with Gasteiger partial charge in [0.15, 0.2) is 0 Å². The Hall–Kier alpha value is -1.68. The van der Waals surface area contributed by atoms with Gasteiger partial charge in [-0.1, -0.05) is 11.6 Å². The van der Waals surface area contributed by atoms with Gasteiger partial charge in [-0.3, -0.25) is 0 Å². The van der Waals surface area contributed by atoms with Gasteiger partial charge in [-0.25, -0.2) is 14.6 Å². The van der Waals surface area contributed by atoms with Crippen LogP contribution in [0.4, 0.5) is 0 Å². The van der Waals surface area contributed by atoms with Gasteiger partial charge < -0.3 is 15.0 Å². The minimum Gasteiger partial charge on any atom is -0.392 e. The van der Waals surface area contributed by atoms with Crippen molar-refractivity contribution in [3.63, 3.8) is 0 Å². The van der Waals surface area contributed by atoms with Crippen LogP contribution in [0.1, 0.15) is 25.7 Å². The SMILES string of the molecule is Cl.Cl.O[C@H]1CCCN[C@@H]1CCCn1cnc2cc(Cl)cc(-c3cnn(-c4nccs4)c3)c21. The van der Waals surface area contributed by atoms with Crippen molar-refractivity contribution in [1.82, 2.24) is 29.6 Å². The standard InChI is InChI=1S/C21H23ClN6OS.2ClH/c22-15-9-16(14-11-26-28(12-14)21-24-6-8-30-21)20-18(10-15)25-13-27(20)7-2-3-17-19(29)4-1-5-23-17;;/h6,8-13,17,19,23,29H,1-5,7H2;2*1H/t17-,19+;;/m1../s1. The summed E-state index contributed by atoms with van der Waals surface area (Å²) in [6.45, 7) is 1.82. The molecule has 0 saturated carbocycles. The van der Waals surface area contributed by atoms with Gasteiger partial charge in [-0.2, -0.15) is 5.10 Å². The number of thiazole rings is 1. The number of piperidine rings is 1. The van der Waals surface area contributed by atoms with Crippen LogP contribution in [-0.2, 0) is 6.54 Å². The van der Waals surface area contributed by atoms with E-state index >= 15 is 0 Å². The Kier molecular flexibility index (Phi) is 8.55. The van der Waals surface area contributed by atoms with Crippen LogP contribution in [0.5, 0.6) is 0 Å². The van der Waals surface area contributed by atoms with E-state index in [0.29, 0.717) is 5.02 Å². The Morgan fingerprint density at radius 1 is 1.25 bits per heavy atom. The highest BCUT2D eigenvalue weighted by Gasteiger charge is 2.22. The average Bonchev–Trinajstić information content (AvgIpc) is 3.49. The topological polar surface area (TPSA) is 80.8 Å². The molecule has 1 aromatic carbocycles. The van der Waals surface area contributed by atoms with Crippen molar-refractivity contribution < 1.29 is 5.11 Å². The fourth-order valence-corrected chi connectivity index (χ4v) is 4.96. The Balaban J connectivity index is 0.00000144. The number of imidazole rings is 1. The highest BCUT2D eigenvalue weighted by molar-refractivity contribution is 7.12. The molecule has 0 bridgehead atoms. The van der Waals surface area contributed by atoms with Gasteiger partial charge in [0.2, 0.25) is 5.13 Å². The third-order valence-electron chi connectivity index (χ3n) is 5.65. The van der Waals surface area contributed by atoms with Crippen LogP contribution < -0.4 is 5.32 Å². The number of halogens is 3. The Bertz CT molecular complexity index is 1150. The molecule has 2 atom stereocenters. The molecule has 0 amide bonds. The van der Waals surface area contributed by atoms with Crippen LogP contribution in [0.3, 0.4) is 0 Å². The summed E-state index contributed by atoms with van der Waals surface area (Å²) in [6, 6.07) is 4.05. The van der Waals surface area contributed by atoms with Crippen molar-refractivity contribution in [2.45, 2.75) is 44.4 Å². The fourth-order valence-electron chi connectivity index (χ4n) is 4.17. The zero-order valence-electron chi connectivity index (χ0n) is 17.2. The van der Waals surface area contributed by atoms with Crippen LogP contribution >= 0.6 is 47.8 Å². The third kappa shape index (κ3) is 5.11. The quantitative estimate of drug-likeness (QED) is 0.388. The summed E-state index contributed by atoms with van der Waals surface area (Å²) in [6.07, 6.45) is 11.0. The number of nitrogens with zero attached hydrogens (tertiary/aromatic N) is 5. The number of aromatic nitrogens is 5. The maximum absolute atomic E-state index is 10.2. The number of hydrogen-bond donors (Lipinski definition) is 2. The highest BCUT2D eigenvalue weighted by Crippen LogP contribution is 2.32. The molecule has 32 heavy (non-hydrogen) atoms. The summed E-state index contributed by atoms with van der Waals surface area (Å²) in [5, 5.41) is 21.5. The summed E-state index contributed by atoms with van der Waals surface area (Å²) < 4.78 is 3.96. The number of aryl methyl sites for hydroxylation is 1. The Morgan fingerprint density at radius 2 is 2.12 bits per heavy atom. The first-order valence-corrected chi connectivity index (χ1v) is 11.5. The number of fused-ring (bicyclic) bond motifs is 1. The number of hydrogen-bond acceptors (Lipinski definition) is 6. The fraction of sp³-hybridized carbons (Fsp3) is 0.381. The molecule has 0 unspecified atom stereocenters. The smallest absolute Gasteiger partial charge is 0.210 e. The molecular formula is C21H25Cl3N6OS. The second-order valence-corrected chi connectivity index (χ2v) is 8.97. The number of benzene rings is 1. The van der Waals surface area contributed by atoms with Crippen molar-refractivity contribution in [1.29, 1.82) is 0 Å². The number of aliphatic hydroxyl groups is 1. The molecule has 0 aliphatic carbocycles. The van der Waals surface area contributed by atoms with Gasteiger partial charge in [0.1, 0.15) is 0 Å². The second kappa shape index (κ2) is 11.0. The molecule has 7 nitrogen and oxygen atoms in total. The normalized spacial score (nSPS) is 18.3. The predicted molar refractivity (Wildman–Crippen MR) is 134 cm³/mol. The van der Waals surface area contributed by atoms with Crippen molar-refractivity contribution in [3.8, 4) is 16.3 Å². The van der Waals surface area contributed by atoms with E-state index in [0.717, 1.165) is 66.1 Å². The molecule has 1 aliphatic heterocycles. The van der Waals surface area contributed by atoms with E-state index in [1.165, 1.54) is 0 Å². The lowest BCUT2D eigenvalue weighted by atomic mass is 9.97. The van der Waals surface area contributed by atoms with Crippen LogP contribution in [0.2, 0.25) is 5.02 Å². The monoisotopic (exact) mass is 514 g/mol. The minimum atomic E-state index is -0.246. The van der Waals surface area contributed by atoms with Crippen LogP contribution in [0.15, 0.2) is 42.4 Å². The largest absolute Gasteiger partial charge is 0.392 e. The maximum Gasteiger partial charge on any atom is 0.210 e. The zero-order chi connectivity index (χ0) is 20.5. The van der Waals surface area contributed by atoms with E-state index in [4.69, 9.17) is 11.6 Å². The number of nitrogens with one attached hydrogen (secondary N) is 1. The summed E-state index contributed by atoms with van der Waals surface area (Å²) in [5.41, 5.74) is 3.91. The molecule has 1 aliphatic rings.